The molecule has 0 spiro atoms. The zero-order chi connectivity index (χ0) is 14.8. The normalized spacial score (nSPS) is 12.0. The van der Waals surface area contributed by atoms with Crippen molar-refractivity contribution in [2.45, 2.75) is 46.1 Å². The van der Waals surface area contributed by atoms with Crippen molar-refractivity contribution in [3.63, 3.8) is 0 Å². The van der Waals surface area contributed by atoms with Crippen molar-refractivity contribution in [3.8, 4) is 6.01 Å². The minimum Gasteiger partial charge on any atom is -0.463 e. The van der Waals surface area contributed by atoms with Crippen LogP contribution in [0, 0.1) is 0 Å². The average Bonchev–Trinajstić information content (AvgIpc) is 2.41. The molecule has 1 atom stereocenters. The summed E-state index contributed by atoms with van der Waals surface area (Å²) < 4.78 is 5.45. The third-order valence-corrected chi connectivity index (χ3v) is 2.47. The molecule has 0 aliphatic rings. The van der Waals surface area contributed by atoms with Gasteiger partial charge in [-0.2, -0.15) is 15.0 Å². The van der Waals surface area contributed by atoms with E-state index in [-0.39, 0.29) is 6.10 Å². The Hall–Kier alpha value is -1.63. The molecule has 1 aromatic rings. The van der Waals surface area contributed by atoms with Gasteiger partial charge in [-0.3, -0.25) is 0 Å². The van der Waals surface area contributed by atoms with Crippen LogP contribution in [0.2, 0.25) is 0 Å². The number of anilines is 2. The number of aliphatic hydroxyl groups excluding tert-OH is 1. The molecule has 0 saturated heterocycles. The summed E-state index contributed by atoms with van der Waals surface area (Å²) in [5.74, 6) is 0.999. The molecule has 0 saturated carbocycles. The first-order valence-electron chi connectivity index (χ1n) is 7.20. The zero-order valence-electron chi connectivity index (χ0n) is 12.5. The van der Waals surface area contributed by atoms with Crippen LogP contribution in [-0.4, -0.2) is 45.9 Å². The molecular weight excluding hydrogens is 258 g/mol. The first-order valence-corrected chi connectivity index (χ1v) is 7.20. The highest BCUT2D eigenvalue weighted by Crippen LogP contribution is 2.11. The Bertz CT molecular complexity index is 387. The lowest BCUT2D eigenvalue weighted by Crippen LogP contribution is -2.12. The van der Waals surface area contributed by atoms with Crippen LogP contribution in [-0.2, 0) is 0 Å². The minimum atomic E-state index is -0.282. The van der Waals surface area contributed by atoms with E-state index in [1.54, 1.807) is 6.92 Å². The van der Waals surface area contributed by atoms with Crippen molar-refractivity contribution in [3.05, 3.63) is 0 Å². The molecule has 7 heteroatoms. The number of aliphatic hydroxyl groups is 1. The quantitative estimate of drug-likeness (QED) is 0.562. The first-order chi connectivity index (χ1) is 9.65. The second-order valence-electron chi connectivity index (χ2n) is 4.56. The predicted molar refractivity (Wildman–Crippen MR) is 79.2 cm³/mol. The Morgan fingerprint density at radius 2 is 1.85 bits per heavy atom. The minimum absolute atomic E-state index is 0.282. The van der Waals surface area contributed by atoms with Crippen LogP contribution in [0.3, 0.4) is 0 Å². The van der Waals surface area contributed by atoms with E-state index in [2.05, 4.69) is 25.6 Å². The topological polar surface area (TPSA) is 92.2 Å². The highest BCUT2D eigenvalue weighted by molar-refractivity contribution is 5.35. The maximum atomic E-state index is 9.21. The Morgan fingerprint density at radius 3 is 2.45 bits per heavy atom. The van der Waals surface area contributed by atoms with Gasteiger partial charge in [-0.15, -0.1) is 0 Å². The smallest absolute Gasteiger partial charge is 0.323 e. The van der Waals surface area contributed by atoms with E-state index >= 15 is 0 Å². The first kappa shape index (κ1) is 16.4. The second-order valence-corrected chi connectivity index (χ2v) is 4.56. The van der Waals surface area contributed by atoms with Crippen molar-refractivity contribution < 1.29 is 9.84 Å². The van der Waals surface area contributed by atoms with Gasteiger partial charge in [0.25, 0.3) is 0 Å². The van der Waals surface area contributed by atoms with Gasteiger partial charge in [0.15, 0.2) is 0 Å². The van der Waals surface area contributed by atoms with Crippen LogP contribution in [0.5, 0.6) is 6.01 Å². The van der Waals surface area contributed by atoms with Gasteiger partial charge in [0.05, 0.1) is 12.7 Å². The van der Waals surface area contributed by atoms with Gasteiger partial charge in [-0.25, -0.2) is 0 Å². The summed E-state index contributed by atoms with van der Waals surface area (Å²) in [6.45, 7) is 7.81. The third-order valence-electron chi connectivity index (χ3n) is 2.47. The van der Waals surface area contributed by atoms with Crippen LogP contribution in [0.1, 0.15) is 40.0 Å². The van der Waals surface area contributed by atoms with Crippen molar-refractivity contribution in [1.82, 2.24) is 15.0 Å². The molecule has 20 heavy (non-hydrogen) atoms. The average molecular weight is 283 g/mol. The Balaban J connectivity index is 2.60. The lowest BCUT2D eigenvalue weighted by atomic mass is 10.2. The van der Waals surface area contributed by atoms with Crippen LogP contribution in [0.15, 0.2) is 0 Å². The molecule has 0 fully saturated rings. The SMILES string of the molecule is CCCOc1nc(NCC)nc(NCCCC(C)O)n1. The molecule has 0 aliphatic carbocycles. The van der Waals surface area contributed by atoms with Gasteiger partial charge in [-0.05, 0) is 33.1 Å². The number of rotatable bonds is 10. The van der Waals surface area contributed by atoms with E-state index in [9.17, 15) is 5.11 Å². The standard InChI is InChI=1S/C13H25N5O2/c1-4-9-20-13-17-11(14-5-2)16-12(18-13)15-8-6-7-10(3)19/h10,19H,4-9H2,1-3H3,(H2,14,15,16,17,18). The fraction of sp³-hybridized carbons (Fsp3) is 0.769. The molecule has 114 valence electrons. The van der Waals surface area contributed by atoms with Crippen LogP contribution in [0.4, 0.5) is 11.9 Å². The fourth-order valence-electron chi connectivity index (χ4n) is 1.53. The summed E-state index contributed by atoms with van der Waals surface area (Å²) >= 11 is 0. The van der Waals surface area contributed by atoms with E-state index in [0.717, 1.165) is 25.8 Å². The van der Waals surface area contributed by atoms with Gasteiger partial charge in [-0.1, -0.05) is 6.92 Å². The summed E-state index contributed by atoms with van der Waals surface area (Å²) in [5.41, 5.74) is 0. The van der Waals surface area contributed by atoms with E-state index in [1.165, 1.54) is 0 Å². The van der Waals surface area contributed by atoms with Gasteiger partial charge >= 0.3 is 6.01 Å². The lowest BCUT2D eigenvalue weighted by molar-refractivity contribution is 0.183. The Kier molecular flexibility index (Phi) is 7.64. The molecule has 1 aromatic heterocycles. The molecular formula is C13H25N5O2. The number of hydrogen-bond acceptors (Lipinski definition) is 7. The second kappa shape index (κ2) is 9.30. The maximum absolute atomic E-state index is 9.21. The molecule has 0 amide bonds. The van der Waals surface area contributed by atoms with Gasteiger partial charge in [0.1, 0.15) is 0 Å². The molecule has 1 rings (SSSR count). The molecule has 0 aliphatic heterocycles. The molecule has 0 bridgehead atoms. The summed E-state index contributed by atoms with van der Waals surface area (Å²) in [5, 5.41) is 15.4. The molecule has 7 nitrogen and oxygen atoms in total. The Labute approximate surface area is 120 Å². The van der Waals surface area contributed by atoms with Crippen molar-refractivity contribution in [2.24, 2.45) is 0 Å². The van der Waals surface area contributed by atoms with Gasteiger partial charge in [0, 0.05) is 13.1 Å². The number of nitrogens with zero attached hydrogens (tertiary/aromatic N) is 3. The number of ether oxygens (including phenoxy) is 1. The molecule has 1 heterocycles. The van der Waals surface area contributed by atoms with Gasteiger partial charge in [0.2, 0.25) is 11.9 Å². The molecule has 0 radical (unpaired) electrons. The van der Waals surface area contributed by atoms with Crippen LogP contribution in [0.25, 0.3) is 0 Å². The van der Waals surface area contributed by atoms with E-state index in [0.29, 0.717) is 31.1 Å². The Morgan fingerprint density at radius 1 is 1.15 bits per heavy atom. The number of nitrogens with one attached hydrogen (secondary N) is 2. The number of aromatic nitrogens is 3. The number of hydrogen-bond donors (Lipinski definition) is 3. The molecule has 3 N–H and O–H groups in total. The van der Waals surface area contributed by atoms with E-state index in [4.69, 9.17) is 4.74 Å². The third kappa shape index (κ3) is 6.51. The largest absolute Gasteiger partial charge is 0.463 e. The van der Waals surface area contributed by atoms with E-state index in [1.807, 2.05) is 13.8 Å². The molecule has 1 unspecified atom stereocenters. The van der Waals surface area contributed by atoms with Crippen molar-refractivity contribution in [2.75, 3.05) is 30.3 Å². The summed E-state index contributed by atoms with van der Waals surface area (Å²) in [4.78, 5) is 12.7. The monoisotopic (exact) mass is 283 g/mol. The predicted octanol–water partition coefficient (Wildman–Crippen LogP) is 1.67. The van der Waals surface area contributed by atoms with E-state index < -0.39 is 0 Å². The highest BCUT2D eigenvalue weighted by atomic mass is 16.5. The molecule has 0 aromatic carbocycles. The van der Waals surface area contributed by atoms with Gasteiger partial charge < -0.3 is 20.5 Å². The van der Waals surface area contributed by atoms with Crippen LogP contribution >= 0.6 is 0 Å². The summed E-state index contributed by atoms with van der Waals surface area (Å²) in [7, 11) is 0. The fourth-order valence-corrected chi connectivity index (χ4v) is 1.53. The summed E-state index contributed by atoms with van der Waals surface area (Å²) in [6.07, 6.45) is 2.22. The van der Waals surface area contributed by atoms with Crippen molar-refractivity contribution in [1.29, 1.82) is 0 Å². The van der Waals surface area contributed by atoms with Crippen molar-refractivity contribution >= 4 is 11.9 Å². The maximum Gasteiger partial charge on any atom is 0.323 e. The van der Waals surface area contributed by atoms with Crippen LogP contribution < -0.4 is 15.4 Å². The summed E-state index contributed by atoms with van der Waals surface area (Å²) in [6, 6.07) is 0.329. The lowest BCUT2D eigenvalue weighted by Gasteiger charge is -2.10. The highest BCUT2D eigenvalue weighted by Gasteiger charge is 2.06. The zero-order valence-corrected chi connectivity index (χ0v) is 12.5.